The lowest BCUT2D eigenvalue weighted by molar-refractivity contribution is -0.139. The van der Waals surface area contributed by atoms with Crippen LogP contribution in [0.4, 0.5) is 10.5 Å². The highest BCUT2D eigenvalue weighted by atomic mass is 16.5. The number of rotatable bonds is 7. The Hall–Kier alpha value is -3.94. The Morgan fingerprint density at radius 3 is 2.32 bits per heavy atom. The summed E-state index contributed by atoms with van der Waals surface area (Å²) in [6.07, 6.45) is 2.33. The molecule has 0 aromatic heterocycles. The first kappa shape index (κ1) is 21.8. The van der Waals surface area contributed by atoms with Crippen LogP contribution in [-0.4, -0.2) is 35.5 Å². The Bertz CT molecular complexity index is 1040. The predicted octanol–water partition coefficient (Wildman–Crippen LogP) is 3.33. The summed E-state index contributed by atoms with van der Waals surface area (Å²) < 4.78 is 5.06. The number of nitrogens with one attached hydrogen (secondary N) is 1. The molecule has 0 spiro atoms. The Labute approximate surface area is 179 Å². The quantitative estimate of drug-likeness (QED) is 0.523. The van der Waals surface area contributed by atoms with Gasteiger partial charge in [-0.15, -0.1) is 0 Å². The van der Waals surface area contributed by atoms with E-state index < -0.39 is 30.4 Å². The van der Waals surface area contributed by atoms with Crippen molar-refractivity contribution in [2.75, 3.05) is 11.5 Å². The number of nitrogens with zero attached hydrogens (tertiary/aromatic N) is 1. The SMILES string of the molecule is CC[C@@H](C)c1ccc(N2C(=O)NC(=O)/C(=C/c3ccc(OCC(=O)O)cc3)C2=O)cc1. The zero-order valence-corrected chi connectivity index (χ0v) is 17.1. The Balaban J connectivity index is 1.84. The second kappa shape index (κ2) is 9.25. The maximum Gasteiger partial charge on any atom is 0.341 e. The highest BCUT2D eigenvalue weighted by Crippen LogP contribution is 2.26. The summed E-state index contributed by atoms with van der Waals surface area (Å²) in [4.78, 5) is 49.1. The number of barbiturate groups is 1. The molecule has 160 valence electrons. The minimum atomic E-state index is -1.10. The van der Waals surface area contributed by atoms with Crippen molar-refractivity contribution in [2.45, 2.75) is 26.2 Å². The molecule has 4 amide bonds. The number of carboxylic acids is 1. The van der Waals surface area contributed by atoms with Crippen molar-refractivity contribution in [2.24, 2.45) is 0 Å². The fourth-order valence-corrected chi connectivity index (χ4v) is 3.05. The molecule has 0 radical (unpaired) electrons. The molecule has 31 heavy (non-hydrogen) atoms. The predicted molar refractivity (Wildman–Crippen MR) is 114 cm³/mol. The number of amides is 4. The zero-order valence-electron chi connectivity index (χ0n) is 17.1. The minimum absolute atomic E-state index is 0.190. The third kappa shape index (κ3) is 4.98. The Morgan fingerprint density at radius 1 is 1.10 bits per heavy atom. The van der Waals surface area contributed by atoms with Crippen molar-refractivity contribution in [3.63, 3.8) is 0 Å². The smallest absolute Gasteiger partial charge is 0.341 e. The zero-order chi connectivity index (χ0) is 22.5. The van der Waals surface area contributed by atoms with E-state index in [2.05, 4.69) is 19.2 Å². The van der Waals surface area contributed by atoms with Gasteiger partial charge >= 0.3 is 12.0 Å². The van der Waals surface area contributed by atoms with E-state index >= 15 is 0 Å². The Morgan fingerprint density at radius 2 is 1.74 bits per heavy atom. The number of carboxylic acid groups (broad SMARTS) is 1. The third-order valence-electron chi connectivity index (χ3n) is 4.99. The van der Waals surface area contributed by atoms with Crippen molar-refractivity contribution >= 4 is 35.6 Å². The van der Waals surface area contributed by atoms with Crippen LogP contribution in [0.25, 0.3) is 6.08 Å². The molecule has 1 saturated heterocycles. The van der Waals surface area contributed by atoms with Crippen molar-refractivity contribution < 1.29 is 29.0 Å². The third-order valence-corrected chi connectivity index (χ3v) is 4.99. The van der Waals surface area contributed by atoms with Gasteiger partial charge in [-0.2, -0.15) is 0 Å². The van der Waals surface area contributed by atoms with E-state index in [0.717, 1.165) is 16.9 Å². The van der Waals surface area contributed by atoms with E-state index in [9.17, 15) is 19.2 Å². The number of carbonyl (C=O) groups excluding carboxylic acids is 3. The first-order valence-electron chi connectivity index (χ1n) is 9.76. The van der Waals surface area contributed by atoms with Gasteiger partial charge in [-0.25, -0.2) is 14.5 Å². The number of benzene rings is 2. The molecular formula is C23H22N2O6. The summed E-state index contributed by atoms with van der Waals surface area (Å²) in [5, 5.41) is 10.8. The number of imide groups is 2. The molecule has 1 aliphatic rings. The highest BCUT2D eigenvalue weighted by Gasteiger charge is 2.36. The molecule has 1 atom stereocenters. The van der Waals surface area contributed by atoms with Gasteiger partial charge in [-0.05, 0) is 53.8 Å². The summed E-state index contributed by atoms with van der Waals surface area (Å²) in [6, 6.07) is 12.5. The molecule has 8 heteroatoms. The largest absolute Gasteiger partial charge is 0.482 e. The van der Waals surface area contributed by atoms with Crippen LogP contribution in [0.2, 0.25) is 0 Å². The maximum absolute atomic E-state index is 13.0. The van der Waals surface area contributed by atoms with Crippen LogP contribution in [0, 0.1) is 0 Å². The summed E-state index contributed by atoms with van der Waals surface area (Å²) in [6.45, 7) is 3.69. The normalized spacial score (nSPS) is 16.3. The van der Waals surface area contributed by atoms with E-state index in [0.29, 0.717) is 22.9 Å². The second-order valence-corrected chi connectivity index (χ2v) is 7.11. The molecule has 0 bridgehead atoms. The highest BCUT2D eigenvalue weighted by molar-refractivity contribution is 6.39. The van der Waals surface area contributed by atoms with Gasteiger partial charge in [-0.1, -0.05) is 38.1 Å². The van der Waals surface area contributed by atoms with Gasteiger partial charge in [-0.3, -0.25) is 14.9 Å². The average molecular weight is 422 g/mol. The standard InChI is InChI=1S/C23H22N2O6/c1-3-14(2)16-6-8-17(9-7-16)25-22(29)19(21(28)24-23(25)30)12-15-4-10-18(11-5-15)31-13-20(26)27/h4-12,14H,3,13H2,1-2H3,(H,26,27)(H,24,28,30)/b19-12-/t14-/m1/s1. The van der Waals surface area contributed by atoms with Gasteiger partial charge in [0.2, 0.25) is 0 Å². The molecule has 2 aromatic rings. The lowest BCUT2D eigenvalue weighted by atomic mass is 9.98. The number of anilines is 1. The number of urea groups is 1. The van der Waals surface area contributed by atoms with Gasteiger partial charge in [0, 0.05) is 0 Å². The maximum atomic E-state index is 13.0. The lowest BCUT2D eigenvalue weighted by Crippen LogP contribution is -2.54. The van der Waals surface area contributed by atoms with Crippen LogP contribution in [0.5, 0.6) is 5.75 Å². The van der Waals surface area contributed by atoms with Crippen LogP contribution >= 0.6 is 0 Å². The average Bonchev–Trinajstić information content (AvgIpc) is 2.75. The van der Waals surface area contributed by atoms with Crippen LogP contribution in [0.3, 0.4) is 0 Å². The molecule has 2 aromatic carbocycles. The summed E-state index contributed by atoms with van der Waals surface area (Å²) >= 11 is 0. The molecule has 2 N–H and O–H groups in total. The van der Waals surface area contributed by atoms with Gasteiger partial charge in [0.05, 0.1) is 5.69 Å². The fourth-order valence-electron chi connectivity index (χ4n) is 3.05. The monoisotopic (exact) mass is 422 g/mol. The van der Waals surface area contributed by atoms with Crippen molar-refractivity contribution in [3.8, 4) is 5.75 Å². The van der Waals surface area contributed by atoms with Crippen LogP contribution in [-0.2, 0) is 14.4 Å². The number of hydrogen-bond donors (Lipinski definition) is 2. The Kier molecular flexibility index (Phi) is 6.49. The van der Waals surface area contributed by atoms with Gasteiger partial charge in [0.1, 0.15) is 11.3 Å². The topological polar surface area (TPSA) is 113 Å². The first-order valence-corrected chi connectivity index (χ1v) is 9.76. The second-order valence-electron chi connectivity index (χ2n) is 7.11. The van der Waals surface area contributed by atoms with Crippen molar-refractivity contribution in [1.82, 2.24) is 5.32 Å². The lowest BCUT2D eigenvalue weighted by Gasteiger charge is -2.26. The summed E-state index contributed by atoms with van der Waals surface area (Å²) in [5.74, 6) is -1.93. The van der Waals surface area contributed by atoms with E-state index in [1.54, 1.807) is 24.3 Å². The number of ether oxygens (including phenoxy) is 1. The first-order chi connectivity index (χ1) is 14.8. The van der Waals surface area contributed by atoms with E-state index in [1.807, 2.05) is 12.1 Å². The molecule has 0 aliphatic carbocycles. The summed E-state index contributed by atoms with van der Waals surface area (Å²) in [7, 11) is 0. The molecule has 1 fully saturated rings. The van der Waals surface area contributed by atoms with E-state index in [4.69, 9.17) is 9.84 Å². The molecular weight excluding hydrogens is 400 g/mol. The minimum Gasteiger partial charge on any atom is -0.482 e. The summed E-state index contributed by atoms with van der Waals surface area (Å²) in [5.41, 5.74) is 1.78. The fraction of sp³-hybridized carbons (Fsp3) is 0.217. The number of aliphatic carboxylic acids is 1. The van der Waals surface area contributed by atoms with Gasteiger partial charge in [0.15, 0.2) is 6.61 Å². The van der Waals surface area contributed by atoms with Crippen molar-refractivity contribution in [1.29, 1.82) is 0 Å². The molecule has 3 rings (SSSR count). The molecule has 0 saturated carbocycles. The van der Waals surface area contributed by atoms with E-state index in [1.165, 1.54) is 18.2 Å². The van der Waals surface area contributed by atoms with E-state index in [-0.39, 0.29) is 5.57 Å². The van der Waals surface area contributed by atoms with Gasteiger partial charge in [0.25, 0.3) is 11.8 Å². The molecule has 1 aliphatic heterocycles. The molecule has 1 heterocycles. The van der Waals surface area contributed by atoms with Crippen LogP contribution in [0.1, 0.15) is 37.3 Å². The van der Waals surface area contributed by atoms with Crippen LogP contribution in [0.15, 0.2) is 54.1 Å². The number of carbonyl (C=O) groups is 4. The molecule has 8 nitrogen and oxygen atoms in total. The molecule has 0 unspecified atom stereocenters. The van der Waals surface area contributed by atoms with Gasteiger partial charge < -0.3 is 9.84 Å². The number of hydrogen-bond acceptors (Lipinski definition) is 5. The van der Waals surface area contributed by atoms with Crippen molar-refractivity contribution in [3.05, 3.63) is 65.2 Å². The van der Waals surface area contributed by atoms with Crippen LogP contribution < -0.4 is 15.0 Å².